The van der Waals surface area contributed by atoms with E-state index in [1.54, 1.807) is 4.57 Å². The Bertz CT molecular complexity index is 1750. The van der Waals surface area contributed by atoms with Crippen molar-refractivity contribution in [1.82, 2.24) is 25.2 Å². The summed E-state index contributed by atoms with van der Waals surface area (Å²) in [6.07, 6.45) is 6.95. The normalized spacial score (nSPS) is 22.0. The Morgan fingerprint density at radius 2 is 1.56 bits per heavy atom. The van der Waals surface area contributed by atoms with Crippen LogP contribution in [0.4, 0.5) is 9.59 Å². The van der Waals surface area contributed by atoms with Crippen molar-refractivity contribution in [2.45, 2.75) is 115 Å². The largest absolute Gasteiger partial charge is 0.444 e. The van der Waals surface area contributed by atoms with Gasteiger partial charge in [-0.25, -0.2) is 19.1 Å². The zero-order valence-electron chi connectivity index (χ0n) is 29.1. The number of ether oxygens (including phenoxy) is 2. The maximum Gasteiger partial charge on any atom is 0.420 e. The van der Waals surface area contributed by atoms with Crippen LogP contribution in [-0.4, -0.2) is 37.9 Å². The Morgan fingerprint density at radius 1 is 0.875 bits per heavy atom. The van der Waals surface area contributed by atoms with Gasteiger partial charge >= 0.3 is 12.2 Å². The number of carbonyl (C=O) groups is 2. The predicted molar refractivity (Wildman–Crippen MR) is 187 cm³/mol. The number of rotatable bonds is 6. The van der Waals surface area contributed by atoms with Crippen LogP contribution in [0.1, 0.15) is 115 Å². The number of aryl methyl sites for hydroxylation is 1. The monoisotopic (exact) mass is 651 g/mol. The minimum Gasteiger partial charge on any atom is -0.444 e. The fourth-order valence-electron chi connectivity index (χ4n) is 7.37. The molecule has 9 heteroatoms. The average molecular weight is 652 g/mol. The second-order valence-electron chi connectivity index (χ2n) is 15.3. The van der Waals surface area contributed by atoms with Crippen molar-refractivity contribution in [3.05, 3.63) is 95.6 Å². The topological polar surface area (TPSA) is 107 Å². The number of nitrogens with zero attached hydrogens (tertiary/aromatic N) is 3. The van der Waals surface area contributed by atoms with Crippen LogP contribution in [0, 0.1) is 5.92 Å². The molecule has 4 aromatic rings. The first-order valence-corrected chi connectivity index (χ1v) is 17.3. The number of hydrogen-bond acceptors (Lipinski definition) is 7. The Hall–Kier alpha value is -4.24. The van der Waals surface area contributed by atoms with Gasteiger partial charge in [0.15, 0.2) is 0 Å². The highest BCUT2D eigenvalue weighted by atomic mass is 16.6. The molecular formula is C39H49N5O4. The average Bonchev–Trinajstić information content (AvgIpc) is 3.42. The van der Waals surface area contributed by atoms with Gasteiger partial charge in [-0.1, -0.05) is 48.5 Å². The van der Waals surface area contributed by atoms with E-state index in [1.807, 2.05) is 96.3 Å². The lowest BCUT2D eigenvalue weighted by Crippen LogP contribution is -2.51. The molecule has 0 aliphatic heterocycles. The number of benzene rings is 2. The Kier molecular flexibility index (Phi) is 9.35. The highest BCUT2D eigenvalue weighted by Crippen LogP contribution is 2.45. The van der Waals surface area contributed by atoms with Crippen LogP contribution < -0.4 is 10.6 Å². The number of pyridine rings is 1. The standard InChI is InChI=1S/C39H49N5O4/c1-37(2,3)47-35(45)43-39(28-16-8-7-9-17-28)23-21-27(22-24-39)33(41-30-19-12-14-26-15-13-25-40-32(26)30)34-42-29-18-10-11-20-31(29)44(34)36(46)48-38(4,5)6/h7-11,13,15-18,20,25,27,30,33,41H,12,14,19,21-24H2,1-6H3,(H,43,45). The van der Waals surface area contributed by atoms with Crippen LogP contribution in [0.2, 0.25) is 0 Å². The summed E-state index contributed by atoms with van der Waals surface area (Å²) in [4.78, 5) is 37.2. The van der Waals surface area contributed by atoms with Crippen molar-refractivity contribution in [2.75, 3.05) is 0 Å². The second kappa shape index (κ2) is 13.3. The number of aromatic nitrogens is 3. The van der Waals surface area contributed by atoms with Crippen molar-refractivity contribution in [2.24, 2.45) is 5.92 Å². The van der Waals surface area contributed by atoms with Gasteiger partial charge in [0.25, 0.3) is 0 Å². The molecule has 9 nitrogen and oxygen atoms in total. The van der Waals surface area contributed by atoms with Gasteiger partial charge in [-0.3, -0.25) is 10.3 Å². The van der Waals surface area contributed by atoms with Crippen molar-refractivity contribution in [3.63, 3.8) is 0 Å². The van der Waals surface area contributed by atoms with Crippen LogP contribution in [0.3, 0.4) is 0 Å². The molecule has 2 heterocycles. The molecule has 1 amide bonds. The molecule has 2 aliphatic carbocycles. The molecule has 0 radical (unpaired) electrons. The van der Waals surface area contributed by atoms with Gasteiger partial charge in [-0.05, 0) is 122 Å². The Labute approximate surface area is 283 Å². The van der Waals surface area contributed by atoms with Gasteiger partial charge in [-0.2, -0.15) is 0 Å². The van der Waals surface area contributed by atoms with Crippen LogP contribution in [0.5, 0.6) is 0 Å². The fraction of sp³-hybridized carbons (Fsp3) is 0.487. The van der Waals surface area contributed by atoms with Crippen molar-refractivity contribution < 1.29 is 19.1 Å². The number of carbonyl (C=O) groups excluding carboxylic acids is 2. The number of alkyl carbamates (subject to hydrolysis) is 1. The number of hydrogen-bond donors (Lipinski definition) is 2. The lowest BCUT2D eigenvalue weighted by molar-refractivity contribution is 0.0384. The molecule has 2 atom stereocenters. The maximum absolute atomic E-state index is 14.0. The quantitative estimate of drug-likeness (QED) is 0.215. The SMILES string of the molecule is CC(C)(C)OC(=O)NC1(c2ccccc2)CCC(C(NC2CCCc3cccnc32)c2nc3ccccc3n2C(=O)OC(C)(C)C)CC1. The van der Waals surface area contributed by atoms with Gasteiger partial charge in [0.1, 0.15) is 17.0 Å². The number of fused-ring (bicyclic) bond motifs is 2. The van der Waals surface area contributed by atoms with E-state index in [0.29, 0.717) is 18.7 Å². The summed E-state index contributed by atoms with van der Waals surface area (Å²) in [7, 11) is 0. The third-order valence-corrected chi connectivity index (χ3v) is 9.44. The van der Waals surface area contributed by atoms with E-state index >= 15 is 0 Å². The zero-order chi connectivity index (χ0) is 34.1. The molecule has 2 aromatic heterocycles. The number of para-hydroxylation sites is 2. The van der Waals surface area contributed by atoms with Gasteiger partial charge < -0.3 is 14.8 Å². The maximum atomic E-state index is 14.0. The second-order valence-corrected chi connectivity index (χ2v) is 15.3. The van der Waals surface area contributed by atoms with Crippen LogP contribution in [-0.2, 0) is 21.4 Å². The number of amides is 1. The summed E-state index contributed by atoms with van der Waals surface area (Å²) in [6, 6.07) is 21.8. The molecule has 6 rings (SSSR count). The first kappa shape index (κ1) is 33.7. The highest BCUT2D eigenvalue weighted by Gasteiger charge is 2.43. The van der Waals surface area contributed by atoms with Crippen molar-refractivity contribution >= 4 is 23.2 Å². The van der Waals surface area contributed by atoms with Crippen molar-refractivity contribution in [1.29, 1.82) is 0 Å². The van der Waals surface area contributed by atoms with E-state index in [1.165, 1.54) is 5.56 Å². The smallest absolute Gasteiger partial charge is 0.420 e. The molecule has 0 saturated heterocycles. The van der Waals surface area contributed by atoms with Gasteiger partial charge in [-0.15, -0.1) is 0 Å². The van der Waals surface area contributed by atoms with Crippen LogP contribution in [0.15, 0.2) is 72.9 Å². The molecule has 254 valence electrons. The fourth-order valence-corrected chi connectivity index (χ4v) is 7.37. The summed E-state index contributed by atoms with van der Waals surface area (Å²) >= 11 is 0. The molecular weight excluding hydrogens is 602 g/mol. The molecule has 2 aliphatic rings. The van der Waals surface area contributed by atoms with Crippen LogP contribution in [0.25, 0.3) is 11.0 Å². The van der Waals surface area contributed by atoms with E-state index in [-0.39, 0.29) is 18.0 Å². The highest BCUT2D eigenvalue weighted by molar-refractivity contribution is 5.87. The Balaban J connectivity index is 1.39. The minimum atomic E-state index is -0.678. The summed E-state index contributed by atoms with van der Waals surface area (Å²) in [6.45, 7) is 11.3. The van der Waals surface area contributed by atoms with Gasteiger partial charge in [0.2, 0.25) is 0 Å². The van der Waals surface area contributed by atoms with Crippen molar-refractivity contribution in [3.8, 4) is 0 Å². The van der Waals surface area contributed by atoms with E-state index < -0.39 is 28.9 Å². The summed E-state index contributed by atoms with van der Waals surface area (Å²) in [5, 5.41) is 7.28. The molecule has 2 N–H and O–H groups in total. The summed E-state index contributed by atoms with van der Waals surface area (Å²) in [5.74, 6) is 0.750. The number of nitrogens with one attached hydrogen (secondary N) is 2. The third-order valence-electron chi connectivity index (χ3n) is 9.44. The summed E-state index contributed by atoms with van der Waals surface area (Å²) in [5.41, 5.74) is 2.97. The molecule has 1 fully saturated rings. The lowest BCUT2D eigenvalue weighted by Gasteiger charge is -2.44. The van der Waals surface area contributed by atoms with E-state index in [2.05, 4.69) is 28.8 Å². The molecule has 2 unspecified atom stereocenters. The first-order valence-electron chi connectivity index (χ1n) is 17.3. The first-order chi connectivity index (χ1) is 22.8. The van der Waals surface area contributed by atoms with Gasteiger partial charge in [0, 0.05) is 6.20 Å². The van der Waals surface area contributed by atoms with Crippen LogP contribution >= 0.6 is 0 Å². The molecule has 0 bridgehead atoms. The number of imidazole rings is 1. The third kappa shape index (κ3) is 7.41. The van der Waals surface area contributed by atoms with E-state index in [0.717, 1.165) is 54.4 Å². The molecule has 0 spiro atoms. The van der Waals surface area contributed by atoms with E-state index in [4.69, 9.17) is 19.4 Å². The minimum absolute atomic E-state index is 0.00699. The lowest BCUT2D eigenvalue weighted by atomic mass is 9.70. The molecule has 2 aromatic carbocycles. The predicted octanol–water partition coefficient (Wildman–Crippen LogP) is 8.53. The zero-order valence-corrected chi connectivity index (χ0v) is 29.1. The molecule has 48 heavy (non-hydrogen) atoms. The van der Waals surface area contributed by atoms with Gasteiger partial charge in [0.05, 0.1) is 34.3 Å². The summed E-state index contributed by atoms with van der Waals surface area (Å²) < 4.78 is 13.4. The molecule has 1 saturated carbocycles. The Morgan fingerprint density at radius 3 is 2.27 bits per heavy atom. The van der Waals surface area contributed by atoms with E-state index in [9.17, 15) is 9.59 Å².